The lowest BCUT2D eigenvalue weighted by Crippen LogP contribution is -2.84. The van der Waals surface area contributed by atoms with Crippen LogP contribution >= 0.6 is 0 Å². The molecule has 18 heavy (non-hydrogen) atoms. The van der Waals surface area contributed by atoms with Crippen LogP contribution in [0.25, 0.3) is 0 Å². The van der Waals surface area contributed by atoms with Crippen molar-refractivity contribution in [2.24, 2.45) is 0 Å². The molecule has 3 radical (unpaired) electrons. The molecule has 0 saturated heterocycles. The minimum atomic E-state index is -5.67. The van der Waals surface area contributed by atoms with Crippen molar-refractivity contribution in [3.8, 4) is 0 Å². The van der Waals surface area contributed by atoms with Gasteiger partial charge in [-0.1, -0.05) is 0 Å². The van der Waals surface area contributed by atoms with Crippen LogP contribution in [0.3, 0.4) is 0 Å². The molecule has 0 aromatic carbocycles. The summed E-state index contributed by atoms with van der Waals surface area (Å²) in [5.41, 5.74) is -5.81. The molecule has 0 aromatic heterocycles. The highest BCUT2D eigenvalue weighted by Crippen LogP contribution is 2.70. The monoisotopic (exact) mass is 295 g/mol. The zero-order valence-electron chi connectivity index (χ0n) is 9.47. The topological polar surface area (TPSA) is 9.23 Å². The smallest absolute Gasteiger partial charge is 0.379 e. The van der Waals surface area contributed by atoms with E-state index in [-0.39, 0.29) is 0 Å². The third kappa shape index (κ3) is 1.62. The van der Waals surface area contributed by atoms with Gasteiger partial charge in [0.15, 0.2) is 0 Å². The Kier molecular flexibility index (Phi) is 3.36. The molecular weight excluding hydrogens is 285 g/mol. The Morgan fingerprint density at radius 2 is 1.28 bits per heavy atom. The van der Waals surface area contributed by atoms with Crippen molar-refractivity contribution in [1.29, 1.82) is 0 Å². The SMILES string of the molecule is CC(C)(CCC1(F)C(F)(F)C(F)(F)C1(F)F)O[Si]. The fourth-order valence-electron chi connectivity index (χ4n) is 1.67. The Bertz CT molecular complexity index is 324. The number of hydrogen-bond donors (Lipinski definition) is 0. The van der Waals surface area contributed by atoms with Gasteiger partial charge in [0.05, 0.1) is 5.60 Å². The van der Waals surface area contributed by atoms with Crippen molar-refractivity contribution in [3.63, 3.8) is 0 Å². The lowest BCUT2D eigenvalue weighted by Gasteiger charge is -2.54. The van der Waals surface area contributed by atoms with E-state index in [0.29, 0.717) is 0 Å². The average molecular weight is 295 g/mol. The molecule has 1 fully saturated rings. The van der Waals surface area contributed by atoms with Crippen molar-refractivity contribution in [2.75, 3.05) is 0 Å². The summed E-state index contributed by atoms with van der Waals surface area (Å²) in [4.78, 5) is 0. The van der Waals surface area contributed by atoms with Gasteiger partial charge in [-0.25, -0.2) is 4.39 Å². The summed E-state index contributed by atoms with van der Waals surface area (Å²) in [5, 5.41) is 0. The summed E-state index contributed by atoms with van der Waals surface area (Å²) in [6.07, 6.45) is -2.03. The lowest BCUT2D eigenvalue weighted by atomic mass is 9.66. The van der Waals surface area contributed by atoms with Gasteiger partial charge < -0.3 is 4.43 Å². The van der Waals surface area contributed by atoms with Gasteiger partial charge in [0, 0.05) is 0 Å². The minimum Gasteiger partial charge on any atom is -0.414 e. The Balaban J connectivity index is 2.94. The molecule has 0 aromatic rings. The average Bonchev–Trinajstić information content (AvgIpc) is 2.24. The van der Waals surface area contributed by atoms with Crippen LogP contribution < -0.4 is 0 Å². The first-order chi connectivity index (χ1) is 7.77. The highest BCUT2D eigenvalue weighted by atomic mass is 28.2. The van der Waals surface area contributed by atoms with Gasteiger partial charge in [-0.15, -0.1) is 0 Å². The first-order valence-electron chi connectivity index (χ1n) is 4.94. The van der Waals surface area contributed by atoms with E-state index in [1.54, 1.807) is 0 Å². The summed E-state index contributed by atoms with van der Waals surface area (Å²) in [7, 11) is 2.56. The predicted molar refractivity (Wildman–Crippen MR) is 48.8 cm³/mol. The molecule has 0 aliphatic heterocycles. The summed E-state index contributed by atoms with van der Waals surface area (Å²) in [6.45, 7) is 2.60. The van der Waals surface area contributed by atoms with Crippen molar-refractivity contribution in [3.05, 3.63) is 0 Å². The van der Waals surface area contributed by atoms with Crippen molar-refractivity contribution in [1.82, 2.24) is 0 Å². The largest absolute Gasteiger partial charge is 0.414 e. The third-order valence-corrected chi connectivity index (χ3v) is 3.68. The standard InChI is InChI=1S/C9H10F7OSi/c1-5(2,17-18)3-4-6(10)7(11,12)9(15,16)8(6,13)14/h3-4H2,1-2H3. The van der Waals surface area contributed by atoms with Gasteiger partial charge >= 0.3 is 17.8 Å². The van der Waals surface area contributed by atoms with Crippen molar-refractivity contribution >= 4 is 10.5 Å². The van der Waals surface area contributed by atoms with Gasteiger partial charge in [-0.2, -0.15) is 26.3 Å². The van der Waals surface area contributed by atoms with Crippen molar-refractivity contribution in [2.45, 2.75) is 55.7 Å². The lowest BCUT2D eigenvalue weighted by molar-refractivity contribution is -0.474. The second-order valence-corrected chi connectivity index (χ2v) is 5.09. The maximum Gasteiger partial charge on any atom is 0.379 e. The van der Waals surface area contributed by atoms with Crippen LogP contribution in [0, 0.1) is 0 Å². The predicted octanol–water partition coefficient (Wildman–Crippen LogP) is 3.27. The molecule has 0 bridgehead atoms. The molecule has 0 heterocycles. The van der Waals surface area contributed by atoms with E-state index in [1.807, 2.05) is 0 Å². The second-order valence-electron chi connectivity index (χ2n) is 4.89. The molecule has 1 nitrogen and oxygen atoms in total. The fourth-order valence-corrected chi connectivity index (χ4v) is 1.77. The third-order valence-electron chi connectivity index (χ3n) is 3.13. The van der Waals surface area contributed by atoms with Crippen LogP contribution in [0.5, 0.6) is 0 Å². The number of rotatable bonds is 4. The highest BCUT2D eigenvalue weighted by Gasteiger charge is 2.99. The summed E-state index contributed by atoms with van der Waals surface area (Å²) < 4.78 is 94.7. The molecule has 0 amide bonds. The van der Waals surface area contributed by atoms with Crippen LogP contribution in [-0.4, -0.2) is 39.5 Å². The van der Waals surface area contributed by atoms with Crippen LogP contribution in [0.15, 0.2) is 0 Å². The molecule has 0 spiro atoms. The van der Waals surface area contributed by atoms with Gasteiger partial charge in [-0.3, -0.25) is 0 Å². The summed E-state index contributed by atoms with van der Waals surface area (Å²) >= 11 is 0. The van der Waals surface area contributed by atoms with Crippen LogP contribution in [0.1, 0.15) is 26.7 Å². The van der Waals surface area contributed by atoms with Crippen LogP contribution in [0.2, 0.25) is 0 Å². The first kappa shape index (κ1) is 15.7. The maximum atomic E-state index is 13.6. The number of hydrogen-bond acceptors (Lipinski definition) is 1. The highest BCUT2D eigenvalue weighted by molar-refractivity contribution is 5.98. The van der Waals surface area contributed by atoms with E-state index in [4.69, 9.17) is 0 Å². The molecule has 9 heteroatoms. The van der Waals surface area contributed by atoms with E-state index in [2.05, 4.69) is 14.9 Å². The van der Waals surface area contributed by atoms with Crippen LogP contribution in [-0.2, 0) is 4.43 Å². The molecule has 1 aliphatic rings. The second kappa shape index (κ2) is 3.84. The maximum absolute atomic E-state index is 13.6. The van der Waals surface area contributed by atoms with E-state index >= 15 is 0 Å². The van der Waals surface area contributed by atoms with Crippen molar-refractivity contribution < 1.29 is 35.2 Å². The van der Waals surface area contributed by atoms with Crippen LogP contribution in [0.4, 0.5) is 30.7 Å². The van der Waals surface area contributed by atoms with E-state index in [0.717, 1.165) is 0 Å². The quantitative estimate of drug-likeness (QED) is 0.571. The van der Waals surface area contributed by atoms with E-state index < -0.39 is 41.9 Å². The van der Waals surface area contributed by atoms with Gasteiger partial charge in [0.1, 0.15) is 0 Å². The minimum absolute atomic E-state index is 0.589. The van der Waals surface area contributed by atoms with Gasteiger partial charge in [0.25, 0.3) is 0 Å². The Morgan fingerprint density at radius 1 is 0.889 bits per heavy atom. The Labute approximate surface area is 102 Å². The Morgan fingerprint density at radius 3 is 1.61 bits per heavy atom. The normalized spacial score (nSPS) is 27.7. The molecule has 0 atom stereocenters. The molecule has 1 aliphatic carbocycles. The molecule has 1 rings (SSSR count). The molecule has 1 saturated carbocycles. The zero-order chi connectivity index (χ0) is 14.6. The van der Waals surface area contributed by atoms with Gasteiger partial charge in [-0.05, 0) is 26.7 Å². The Hall–Kier alpha value is -0.313. The number of alkyl halides is 7. The summed E-state index contributed by atoms with van der Waals surface area (Å²) in [6, 6.07) is 0. The zero-order valence-corrected chi connectivity index (χ0v) is 10.5. The number of halogens is 7. The van der Waals surface area contributed by atoms with E-state index in [1.165, 1.54) is 13.8 Å². The summed E-state index contributed by atoms with van der Waals surface area (Å²) in [5.74, 6) is -16.5. The molecule has 0 N–H and O–H groups in total. The fraction of sp³-hybridized carbons (Fsp3) is 1.00. The molecule has 0 unspecified atom stereocenters. The molecule has 105 valence electrons. The molecular formula is C9H10F7OSi. The first-order valence-corrected chi connectivity index (χ1v) is 5.35. The van der Waals surface area contributed by atoms with Gasteiger partial charge in [0.2, 0.25) is 16.2 Å². The van der Waals surface area contributed by atoms with E-state index in [9.17, 15) is 30.7 Å².